The van der Waals surface area contributed by atoms with Crippen LogP contribution in [-0.4, -0.2) is 247 Å². The maximum Gasteiger partial charge on any atom is 0.328 e. The van der Waals surface area contributed by atoms with Gasteiger partial charge < -0.3 is 111 Å². The molecule has 0 spiro atoms. The topological polar surface area (TPSA) is 583 Å². The Bertz CT molecular complexity index is 2660. The Morgan fingerprint density at radius 3 is 1.52 bits per heavy atom. The molecule has 12 amide bonds. The molecule has 89 heavy (non-hydrogen) atoms. The molecule has 12 atom stereocenters. The molecule has 0 unspecified atom stereocenters. The minimum atomic E-state index is -1.88. The number of imidazole rings is 1. The van der Waals surface area contributed by atoms with Gasteiger partial charge in [-0.05, 0) is 70.1 Å². The highest BCUT2D eigenvalue weighted by atomic mass is 16.4. The Balaban J connectivity index is 1.79. The van der Waals surface area contributed by atoms with Gasteiger partial charge in [-0.2, -0.15) is 0 Å². The minimum absolute atomic E-state index is 0.0186. The summed E-state index contributed by atoms with van der Waals surface area (Å²) in [6.45, 7) is 3.99. The summed E-state index contributed by atoms with van der Waals surface area (Å²) in [5, 5.41) is 71.5. The number of hydrogen-bond acceptors (Lipinski definition) is 20. The molecule has 2 saturated heterocycles. The van der Waals surface area contributed by atoms with Crippen LogP contribution in [0, 0.1) is 11.8 Å². The summed E-state index contributed by atoms with van der Waals surface area (Å²) in [5.74, 6) is -13.9. The Morgan fingerprint density at radius 1 is 0.584 bits per heavy atom. The van der Waals surface area contributed by atoms with Crippen LogP contribution in [0.1, 0.15) is 98.1 Å². The lowest BCUT2D eigenvalue weighted by molar-refractivity contribution is -0.144. The number of nitrogens with zero attached hydrogens (tertiary/aromatic N) is 4. The van der Waals surface area contributed by atoms with Gasteiger partial charge in [-0.15, -0.1) is 0 Å². The highest BCUT2D eigenvalue weighted by molar-refractivity contribution is 6.00. The number of carboxylic acid groups (broad SMARTS) is 1. The van der Waals surface area contributed by atoms with Crippen molar-refractivity contribution in [3.8, 4) is 0 Å². The molecular weight excluding hydrogens is 1180 g/mol. The summed E-state index contributed by atoms with van der Waals surface area (Å²) in [4.78, 5) is 187. The largest absolute Gasteiger partial charge is 0.480 e. The Labute approximate surface area is 512 Å². The summed E-state index contributed by atoms with van der Waals surface area (Å²) < 4.78 is 0. The van der Waals surface area contributed by atoms with Gasteiger partial charge in [0, 0.05) is 44.4 Å². The summed E-state index contributed by atoms with van der Waals surface area (Å²) in [5.41, 5.74) is 22.1. The molecule has 3 rings (SSSR count). The van der Waals surface area contributed by atoms with E-state index in [1.807, 2.05) is 0 Å². The summed E-state index contributed by atoms with van der Waals surface area (Å²) in [6, 6.07) is -17.7. The number of nitrogens with two attached hydrogens (primary N) is 4. The summed E-state index contributed by atoms with van der Waals surface area (Å²) >= 11 is 0. The van der Waals surface area contributed by atoms with E-state index in [9.17, 15) is 87.9 Å². The summed E-state index contributed by atoms with van der Waals surface area (Å²) in [7, 11) is 0. The number of aromatic amines is 1. The number of primary amides is 1. The van der Waals surface area contributed by atoms with Crippen LogP contribution in [0.2, 0.25) is 0 Å². The van der Waals surface area contributed by atoms with E-state index >= 15 is 0 Å². The third-order valence-electron chi connectivity index (χ3n) is 14.4. The van der Waals surface area contributed by atoms with Crippen LogP contribution < -0.4 is 70.8 Å². The second kappa shape index (κ2) is 36.6. The number of amides is 12. The van der Waals surface area contributed by atoms with Crippen LogP contribution in [0.5, 0.6) is 0 Å². The maximum atomic E-state index is 14.6. The first kappa shape index (κ1) is 74.6. The quantitative estimate of drug-likeness (QED) is 0.0167. The number of carboxylic acids is 1. The molecule has 23 N–H and O–H groups in total. The van der Waals surface area contributed by atoms with Crippen LogP contribution in [0.3, 0.4) is 0 Å². The summed E-state index contributed by atoms with van der Waals surface area (Å²) in [6.07, 6.45) is 2.01. The molecule has 1 aromatic heterocycles. The lowest BCUT2D eigenvalue weighted by Crippen LogP contribution is -2.62. The molecule has 2 aliphatic heterocycles. The van der Waals surface area contributed by atoms with E-state index < -0.39 is 195 Å². The predicted molar refractivity (Wildman–Crippen MR) is 311 cm³/mol. The van der Waals surface area contributed by atoms with Crippen molar-refractivity contribution >= 4 is 82.8 Å². The molecule has 0 saturated carbocycles. The average molecular weight is 1270 g/mol. The molecule has 2 aliphatic rings. The third kappa shape index (κ3) is 23.5. The lowest BCUT2D eigenvalue weighted by Gasteiger charge is -2.31. The molecule has 3 heterocycles. The van der Waals surface area contributed by atoms with Crippen molar-refractivity contribution in [3.05, 3.63) is 18.2 Å². The number of aliphatic hydroxyl groups is 4. The Morgan fingerprint density at radius 2 is 1.03 bits per heavy atom. The zero-order chi connectivity index (χ0) is 66.8. The van der Waals surface area contributed by atoms with Gasteiger partial charge in [0.1, 0.15) is 66.5 Å². The SMILES string of the molecule is CC(C)C[C@H](NC(=O)[C@H](C)N)C(=O)N[C@@H](CO)C(=O)N1CCC[C@H]1C(=O)N[C@@H](CO)C(=O)N[C@@H](CCC(N)=O)C(=O)N[C@@H](CO)C(=O)N[C@@H](Cc1cnc[nH]1)C(=O)N1CCC[C@H]1C(=O)N[C@H](C(=O)N[C@@H](CCCN=C(N)N)C(=O)N[C@@H](CO)C(=O)O)C(C)C. The van der Waals surface area contributed by atoms with Gasteiger partial charge in [-0.3, -0.25) is 62.5 Å². The number of H-pyrrole nitrogens is 1. The fourth-order valence-corrected chi connectivity index (χ4v) is 9.59. The first-order chi connectivity index (χ1) is 42.0. The number of carbonyl (C=O) groups is 13. The van der Waals surface area contributed by atoms with Crippen LogP contribution in [0.25, 0.3) is 0 Å². The minimum Gasteiger partial charge on any atom is -0.480 e. The van der Waals surface area contributed by atoms with E-state index in [1.54, 1.807) is 27.7 Å². The fraction of sp³-hybridized carbons (Fsp3) is 0.679. The molecule has 2 fully saturated rings. The number of nitrogens with one attached hydrogen (secondary N) is 10. The van der Waals surface area contributed by atoms with Crippen molar-refractivity contribution in [2.24, 2.45) is 39.8 Å². The smallest absolute Gasteiger partial charge is 0.328 e. The normalized spacial score (nSPS) is 18.0. The monoisotopic (exact) mass is 1260 g/mol. The fourth-order valence-electron chi connectivity index (χ4n) is 9.59. The van der Waals surface area contributed by atoms with Crippen LogP contribution in [0.4, 0.5) is 0 Å². The van der Waals surface area contributed by atoms with Gasteiger partial charge in [0.05, 0.1) is 38.8 Å². The van der Waals surface area contributed by atoms with Gasteiger partial charge >= 0.3 is 5.97 Å². The van der Waals surface area contributed by atoms with Crippen LogP contribution >= 0.6 is 0 Å². The highest BCUT2D eigenvalue weighted by Crippen LogP contribution is 2.22. The van der Waals surface area contributed by atoms with Crippen molar-refractivity contribution in [1.82, 2.24) is 67.6 Å². The number of hydrogen-bond donors (Lipinski definition) is 19. The molecule has 0 aromatic carbocycles. The van der Waals surface area contributed by atoms with Gasteiger partial charge in [0.25, 0.3) is 0 Å². The molecular formula is C53H88N18O18. The second-order valence-electron chi connectivity index (χ2n) is 22.3. The van der Waals surface area contributed by atoms with E-state index in [4.69, 9.17) is 22.9 Å². The van der Waals surface area contributed by atoms with E-state index in [1.165, 1.54) is 19.4 Å². The predicted octanol–water partition coefficient (Wildman–Crippen LogP) is -9.28. The molecule has 36 heteroatoms. The second-order valence-corrected chi connectivity index (χ2v) is 22.3. The molecule has 1 aromatic rings. The van der Waals surface area contributed by atoms with Crippen molar-refractivity contribution in [2.45, 2.75) is 171 Å². The number of aromatic nitrogens is 2. The van der Waals surface area contributed by atoms with Crippen molar-refractivity contribution in [3.63, 3.8) is 0 Å². The van der Waals surface area contributed by atoms with Gasteiger partial charge in [0.15, 0.2) is 5.96 Å². The lowest BCUT2D eigenvalue weighted by atomic mass is 10.0. The molecule has 0 aliphatic carbocycles. The number of aliphatic carboxylic acids is 1. The molecule has 36 nitrogen and oxygen atoms in total. The molecule has 498 valence electrons. The van der Waals surface area contributed by atoms with Crippen molar-refractivity contribution < 1.29 is 87.9 Å². The number of guanidine groups is 1. The zero-order valence-corrected chi connectivity index (χ0v) is 50.4. The molecule has 0 bridgehead atoms. The highest BCUT2D eigenvalue weighted by Gasteiger charge is 2.43. The first-order valence-electron chi connectivity index (χ1n) is 29.1. The number of aliphatic imine (C=N–C) groups is 1. The third-order valence-corrected chi connectivity index (χ3v) is 14.4. The Kier molecular flexibility index (Phi) is 30.7. The van der Waals surface area contributed by atoms with Gasteiger partial charge in [0.2, 0.25) is 70.9 Å². The van der Waals surface area contributed by atoms with Gasteiger partial charge in [-0.25, -0.2) is 9.78 Å². The number of rotatable bonds is 37. The van der Waals surface area contributed by atoms with E-state index in [0.717, 1.165) is 9.80 Å². The van der Waals surface area contributed by atoms with E-state index in [0.29, 0.717) is 5.69 Å². The van der Waals surface area contributed by atoms with E-state index in [-0.39, 0.29) is 82.9 Å². The zero-order valence-electron chi connectivity index (χ0n) is 50.4. The van der Waals surface area contributed by atoms with Crippen LogP contribution in [0.15, 0.2) is 17.5 Å². The Hall–Kier alpha value is -8.61. The standard InChI is InChI=1S/C53H88N18O18/c1-25(2)17-31(63-41(77)27(5)54)44(80)67-35(22-74)51(87)71-16-7-10-37(71)47(83)66-34(21-73)45(81)61-30(12-13-39(55)76)43(79)65-33(20-72)46(82)64-32(18-28-19-58-24-60-28)50(86)70-15-8-11-38(70)48(84)69-40(26(3)4)49(85)62-29(9-6-14-59-53(56)57)42(78)68-36(23-75)52(88)89/h19,24-27,29-38,40,72-75H,6-18,20-23,54H2,1-5H3,(H2,55,76)(H,58,60)(H,61,81)(H,62,85)(H,63,77)(H,64,82)(H,65,79)(H,66,83)(H,67,80)(H,68,78)(H,69,84)(H,88,89)(H4,56,57,59)/t27-,29-,30-,31-,32-,33-,34-,35-,36-,37-,38-,40-/m0/s1. The van der Waals surface area contributed by atoms with E-state index in [2.05, 4.69) is 62.8 Å². The van der Waals surface area contributed by atoms with Crippen molar-refractivity contribution in [1.29, 1.82) is 0 Å². The van der Waals surface area contributed by atoms with Crippen LogP contribution in [-0.2, 0) is 68.7 Å². The molecule has 0 radical (unpaired) electrons. The first-order valence-corrected chi connectivity index (χ1v) is 29.1. The van der Waals surface area contributed by atoms with Gasteiger partial charge in [-0.1, -0.05) is 27.7 Å². The van der Waals surface area contributed by atoms with Crippen molar-refractivity contribution in [2.75, 3.05) is 46.1 Å². The number of aliphatic hydroxyl groups excluding tert-OH is 4. The number of carbonyl (C=O) groups excluding carboxylic acids is 12. The maximum absolute atomic E-state index is 14.6. The average Bonchev–Trinajstić information content (AvgIpc) is 2.44. The number of likely N-dealkylation sites (tertiary alicyclic amines) is 2.